The van der Waals surface area contributed by atoms with Gasteiger partial charge in [0.05, 0.1) is 12.2 Å². The lowest BCUT2D eigenvalue weighted by atomic mass is 10.1. The molecule has 4 heteroatoms. The Morgan fingerprint density at radius 1 is 1.15 bits per heavy atom. The molecule has 0 saturated carbocycles. The molecule has 0 aliphatic heterocycles. The summed E-state index contributed by atoms with van der Waals surface area (Å²) in [6.07, 6.45) is 3.86. The smallest absolute Gasteiger partial charge is 0.123 e. The van der Waals surface area contributed by atoms with Gasteiger partial charge in [-0.15, -0.1) is 0 Å². The van der Waals surface area contributed by atoms with E-state index in [0.29, 0.717) is 5.75 Å². The third-order valence-corrected chi connectivity index (χ3v) is 3.50. The maximum atomic E-state index is 9.91. The van der Waals surface area contributed by atoms with Crippen molar-refractivity contribution in [2.24, 2.45) is 7.05 Å². The van der Waals surface area contributed by atoms with Crippen LogP contribution in [0.5, 0.6) is 5.75 Å². The summed E-state index contributed by atoms with van der Waals surface area (Å²) in [6, 6.07) is 11.6. The van der Waals surface area contributed by atoms with Gasteiger partial charge in [0.15, 0.2) is 0 Å². The van der Waals surface area contributed by atoms with E-state index in [2.05, 4.69) is 17.3 Å². The van der Waals surface area contributed by atoms with Gasteiger partial charge in [0, 0.05) is 35.3 Å². The SMILES string of the molecule is CC(Nc1cccc2c(O)cccc12)c1cnn(C)c1. The molecule has 0 saturated heterocycles. The number of hydrogen-bond donors (Lipinski definition) is 2. The summed E-state index contributed by atoms with van der Waals surface area (Å²) < 4.78 is 1.79. The first kappa shape index (κ1) is 12.5. The van der Waals surface area contributed by atoms with E-state index in [9.17, 15) is 5.11 Å². The highest BCUT2D eigenvalue weighted by Gasteiger charge is 2.10. The molecule has 1 heterocycles. The Labute approximate surface area is 117 Å². The first-order chi connectivity index (χ1) is 9.65. The summed E-state index contributed by atoms with van der Waals surface area (Å²) in [7, 11) is 1.91. The Morgan fingerprint density at radius 2 is 1.90 bits per heavy atom. The number of benzene rings is 2. The summed E-state index contributed by atoms with van der Waals surface area (Å²) in [5, 5.41) is 19.5. The van der Waals surface area contributed by atoms with Gasteiger partial charge < -0.3 is 10.4 Å². The van der Waals surface area contributed by atoms with Crippen molar-refractivity contribution >= 4 is 16.5 Å². The number of hydrogen-bond acceptors (Lipinski definition) is 3. The normalized spacial score (nSPS) is 12.5. The minimum atomic E-state index is 0.150. The van der Waals surface area contributed by atoms with Gasteiger partial charge in [-0.2, -0.15) is 5.10 Å². The predicted octanol–water partition coefficient (Wildman–Crippen LogP) is 3.45. The van der Waals surface area contributed by atoms with Crippen LogP contribution in [0.2, 0.25) is 0 Å². The van der Waals surface area contributed by atoms with Crippen molar-refractivity contribution in [3.63, 3.8) is 0 Å². The zero-order valence-corrected chi connectivity index (χ0v) is 11.5. The Hall–Kier alpha value is -2.49. The van der Waals surface area contributed by atoms with Crippen molar-refractivity contribution in [2.75, 3.05) is 5.32 Å². The molecule has 0 aliphatic rings. The molecule has 4 nitrogen and oxygen atoms in total. The molecule has 0 aliphatic carbocycles. The standard InChI is InChI=1S/C16H17N3O/c1-11(12-9-17-19(2)10-12)18-15-7-3-6-14-13(15)5-4-8-16(14)20/h3-11,18,20H,1-2H3. The molecule has 3 rings (SSSR count). The molecule has 1 unspecified atom stereocenters. The van der Waals surface area contributed by atoms with Gasteiger partial charge in [-0.25, -0.2) is 0 Å². The number of rotatable bonds is 3. The second-order valence-corrected chi connectivity index (χ2v) is 4.99. The van der Waals surface area contributed by atoms with Crippen LogP contribution in [0, 0.1) is 0 Å². The van der Waals surface area contributed by atoms with Crippen LogP contribution in [0.15, 0.2) is 48.8 Å². The summed E-state index contributed by atoms with van der Waals surface area (Å²) in [4.78, 5) is 0. The third kappa shape index (κ3) is 2.20. The molecule has 2 N–H and O–H groups in total. The second kappa shape index (κ2) is 4.89. The molecule has 2 aromatic carbocycles. The van der Waals surface area contributed by atoms with Gasteiger partial charge in [-0.05, 0) is 19.1 Å². The van der Waals surface area contributed by atoms with Gasteiger partial charge >= 0.3 is 0 Å². The number of aromatic nitrogens is 2. The lowest BCUT2D eigenvalue weighted by Gasteiger charge is -2.16. The van der Waals surface area contributed by atoms with E-state index in [-0.39, 0.29) is 6.04 Å². The van der Waals surface area contributed by atoms with E-state index in [1.165, 1.54) is 0 Å². The van der Waals surface area contributed by atoms with Crippen LogP contribution in [0.3, 0.4) is 0 Å². The molecule has 102 valence electrons. The Bertz CT molecular complexity index is 748. The average molecular weight is 267 g/mol. The van der Waals surface area contributed by atoms with E-state index in [1.807, 2.05) is 49.8 Å². The van der Waals surface area contributed by atoms with Gasteiger partial charge in [-0.3, -0.25) is 4.68 Å². The Kier molecular flexibility index (Phi) is 3.06. The number of phenolic OH excluding ortho intramolecular Hbond substituents is 1. The Balaban J connectivity index is 1.97. The number of nitrogens with zero attached hydrogens (tertiary/aromatic N) is 2. The van der Waals surface area contributed by atoms with Crippen molar-refractivity contribution in [1.82, 2.24) is 9.78 Å². The van der Waals surface area contributed by atoms with Crippen LogP contribution in [-0.2, 0) is 7.05 Å². The predicted molar refractivity (Wildman–Crippen MR) is 80.9 cm³/mol. The van der Waals surface area contributed by atoms with E-state index >= 15 is 0 Å². The molecule has 1 atom stereocenters. The van der Waals surface area contributed by atoms with Gasteiger partial charge in [-0.1, -0.05) is 24.3 Å². The lowest BCUT2D eigenvalue weighted by Crippen LogP contribution is -2.06. The van der Waals surface area contributed by atoms with Gasteiger partial charge in [0.1, 0.15) is 5.75 Å². The number of nitrogens with one attached hydrogen (secondary N) is 1. The van der Waals surface area contributed by atoms with Crippen molar-refractivity contribution < 1.29 is 5.11 Å². The maximum absolute atomic E-state index is 9.91. The molecule has 3 aromatic rings. The topological polar surface area (TPSA) is 50.1 Å². The highest BCUT2D eigenvalue weighted by molar-refractivity contribution is 5.97. The van der Waals surface area contributed by atoms with Crippen LogP contribution >= 0.6 is 0 Å². The molecule has 0 fully saturated rings. The largest absolute Gasteiger partial charge is 0.507 e. The number of fused-ring (bicyclic) bond motifs is 1. The fraction of sp³-hybridized carbons (Fsp3) is 0.188. The first-order valence-electron chi connectivity index (χ1n) is 6.61. The van der Waals surface area contributed by atoms with E-state index < -0.39 is 0 Å². The van der Waals surface area contributed by atoms with Crippen LogP contribution < -0.4 is 5.32 Å². The zero-order chi connectivity index (χ0) is 14.1. The highest BCUT2D eigenvalue weighted by atomic mass is 16.3. The van der Waals surface area contributed by atoms with E-state index in [4.69, 9.17) is 0 Å². The van der Waals surface area contributed by atoms with Crippen molar-refractivity contribution in [3.05, 3.63) is 54.4 Å². The monoisotopic (exact) mass is 267 g/mol. The van der Waals surface area contributed by atoms with Crippen LogP contribution in [0.1, 0.15) is 18.5 Å². The molecular weight excluding hydrogens is 250 g/mol. The third-order valence-electron chi connectivity index (χ3n) is 3.50. The summed E-state index contributed by atoms with van der Waals surface area (Å²) >= 11 is 0. The lowest BCUT2D eigenvalue weighted by molar-refractivity contribution is 0.481. The van der Waals surface area contributed by atoms with E-state index in [1.54, 1.807) is 10.7 Å². The summed E-state index contributed by atoms with van der Waals surface area (Å²) in [5.41, 5.74) is 2.14. The maximum Gasteiger partial charge on any atom is 0.123 e. The van der Waals surface area contributed by atoms with E-state index in [0.717, 1.165) is 22.0 Å². The molecule has 20 heavy (non-hydrogen) atoms. The first-order valence-corrected chi connectivity index (χ1v) is 6.61. The number of anilines is 1. The highest BCUT2D eigenvalue weighted by Crippen LogP contribution is 2.31. The van der Waals surface area contributed by atoms with Gasteiger partial charge in [0.2, 0.25) is 0 Å². The fourth-order valence-electron chi connectivity index (χ4n) is 2.40. The number of phenols is 1. The van der Waals surface area contributed by atoms with Crippen molar-refractivity contribution in [1.29, 1.82) is 0 Å². The average Bonchev–Trinajstić information content (AvgIpc) is 2.87. The van der Waals surface area contributed by atoms with Crippen molar-refractivity contribution in [2.45, 2.75) is 13.0 Å². The quantitative estimate of drug-likeness (QED) is 0.764. The number of aryl methyl sites for hydroxylation is 1. The summed E-state index contributed by atoms with van der Waals surface area (Å²) in [5.74, 6) is 0.306. The van der Waals surface area contributed by atoms with Gasteiger partial charge in [0.25, 0.3) is 0 Å². The second-order valence-electron chi connectivity index (χ2n) is 4.99. The summed E-state index contributed by atoms with van der Waals surface area (Å²) in [6.45, 7) is 2.10. The minimum absolute atomic E-state index is 0.150. The zero-order valence-electron chi connectivity index (χ0n) is 11.5. The molecule has 0 amide bonds. The molecule has 1 aromatic heterocycles. The molecule has 0 radical (unpaired) electrons. The van der Waals surface area contributed by atoms with Crippen molar-refractivity contribution in [3.8, 4) is 5.75 Å². The van der Waals surface area contributed by atoms with Crippen LogP contribution in [0.25, 0.3) is 10.8 Å². The van der Waals surface area contributed by atoms with Crippen LogP contribution in [0.4, 0.5) is 5.69 Å². The fourth-order valence-corrected chi connectivity index (χ4v) is 2.40. The molecule has 0 bridgehead atoms. The Morgan fingerprint density at radius 3 is 2.65 bits per heavy atom. The molecule has 0 spiro atoms. The van der Waals surface area contributed by atoms with Crippen LogP contribution in [-0.4, -0.2) is 14.9 Å². The minimum Gasteiger partial charge on any atom is -0.507 e. The number of aromatic hydroxyl groups is 1. The molecular formula is C16H17N3O.